The number of fused-ring (bicyclic) bond motifs is 1. The molecule has 28 heavy (non-hydrogen) atoms. The number of carbonyl (C=O) groups is 1. The SMILES string of the molecule is CSC[C@H]1O[C@@H](n2cnc3c(NC(=O)/C=C/C(F)(F)F)ncnc32)[C@H](O)[C@@H]1O. The lowest BCUT2D eigenvalue weighted by Crippen LogP contribution is -2.32. The molecule has 1 saturated heterocycles. The van der Waals surface area contributed by atoms with Gasteiger partial charge in [0.15, 0.2) is 23.2 Å². The lowest BCUT2D eigenvalue weighted by Gasteiger charge is -2.16. The number of carbonyl (C=O) groups excluding carboxylic acids is 1. The summed E-state index contributed by atoms with van der Waals surface area (Å²) >= 11 is 1.44. The van der Waals surface area contributed by atoms with Crippen LogP contribution in [-0.4, -0.2) is 72.1 Å². The number of rotatable bonds is 5. The van der Waals surface area contributed by atoms with Crippen molar-refractivity contribution in [1.29, 1.82) is 0 Å². The van der Waals surface area contributed by atoms with Gasteiger partial charge >= 0.3 is 6.18 Å². The third kappa shape index (κ3) is 4.27. The van der Waals surface area contributed by atoms with E-state index in [-0.39, 0.29) is 23.1 Å². The van der Waals surface area contributed by atoms with Gasteiger partial charge in [0, 0.05) is 17.9 Å². The number of hydrogen-bond donors (Lipinski definition) is 3. The molecule has 1 aliphatic heterocycles. The van der Waals surface area contributed by atoms with Crippen molar-refractivity contribution in [3.8, 4) is 0 Å². The smallest absolute Gasteiger partial charge is 0.387 e. The van der Waals surface area contributed by atoms with Gasteiger partial charge in [0.1, 0.15) is 18.5 Å². The largest absolute Gasteiger partial charge is 0.409 e. The molecule has 1 fully saturated rings. The number of nitrogens with zero attached hydrogens (tertiary/aromatic N) is 4. The van der Waals surface area contributed by atoms with Crippen LogP contribution in [0.3, 0.4) is 0 Å². The van der Waals surface area contributed by atoms with E-state index in [9.17, 15) is 28.2 Å². The third-order valence-electron chi connectivity index (χ3n) is 3.97. The van der Waals surface area contributed by atoms with Crippen molar-refractivity contribution in [3.63, 3.8) is 0 Å². The number of ether oxygens (including phenoxy) is 1. The summed E-state index contributed by atoms with van der Waals surface area (Å²) in [5.41, 5.74) is 0.265. The van der Waals surface area contributed by atoms with E-state index >= 15 is 0 Å². The number of imidazole rings is 1. The Bertz CT molecular complexity index is 890. The molecular weight excluding hydrogens is 403 g/mol. The summed E-state index contributed by atoms with van der Waals surface area (Å²) in [5, 5.41) is 22.6. The van der Waals surface area contributed by atoms with E-state index < -0.39 is 36.6 Å². The Morgan fingerprint density at radius 1 is 1.36 bits per heavy atom. The summed E-state index contributed by atoms with van der Waals surface area (Å²) in [6, 6.07) is 0. The minimum atomic E-state index is -4.62. The Balaban J connectivity index is 1.86. The van der Waals surface area contributed by atoms with Crippen molar-refractivity contribution in [2.75, 3.05) is 17.3 Å². The summed E-state index contributed by atoms with van der Waals surface area (Å²) in [7, 11) is 0. The fraction of sp³-hybridized carbons (Fsp3) is 0.467. The van der Waals surface area contributed by atoms with Crippen LogP contribution >= 0.6 is 11.8 Å². The number of allylic oxidation sites excluding steroid dienone is 1. The number of thioether (sulfide) groups is 1. The second-order valence-corrected chi connectivity index (χ2v) is 6.82. The van der Waals surface area contributed by atoms with Gasteiger partial charge in [0.05, 0.1) is 12.4 Å². The van der Waals surface area contributed by atoms with Crippen LogP contribution in [0.1, 0.15) is 6.23 Å². The third-order valence-corrected chi connectivity index (χ3v) is 4.63. The molecule has 3 heterocycles. The first-order chi connectivity index (χ1) is 13.2. The zero-order chi connectivity index (χ0) is 20.5. The number of aromatic nitrogens is 4. The van der Waals surface area contributed by atoms with Crippen molar-refractivity contribution in [3.05, 3.63) is 24.8 Å². The van der Waals surface area contributed by atoms with E-state index in [0.717, 1.165) is 6.33 Å². The predicted molar refractivity (Wildman–Crippen MR) is 93.5 cm³/mol. The van der Waals surface area contributed by atoms with E-state index in [0.29, 0.717) is 11.8 Å². The van der Waals surface area contributed by atoms with Crippen LogP contribution in [0.4, 0.5) is 19.0 Å². The molecule has 1 aliphatic rings. The molecule has 2 aromatic heterocycles. The van der Waals surface area contributed by atoms with Crippen molar-refractivity contribution in [1.82, 2.24) is 19.5 Å². The van der Waals surface area contributed by atoms with Gasteiger partial charge in [-0.25, -0.2) is 15.0 Å². The molecule has 0 aliphatic carbocycles. The van der Waals surface area contributed by atoms with Gasteiger partial charge in [-0.3, -0.25) is 9.36 Å². The van der Waals surface area contributed by atoms with Crippen molar-refractivity contribution < 1.29 is 32.9 Å². The Morgan fingerprint density at radius 2 is 2.11 bits per heavy atom. The average molecular weight is 419 g/mol. The Labute approximate surface area is 160 Å². The lowest BCUT2D eigenvalue weighted by molar-refractivity contribution is -0.112. The highest BCUT2D eigenvalue weighted by molar-refractivity contribution is 7.98. The van der Waals surface area contributed by atoms with Gasteiger partial charge in [-0.15, -0.1) is 0 Å². The van der Waals surface area contributed by atoms with E-state index in [1.807, 2.05) is 6.26 Å². The van der Waals surface area contributed by atoms with Crippen LogP contribution in [-0.2, 0) is 9.53 Å². The standard InChI is InChI=1S/C15H16F3N5O4S/c1-28-4-7-10(25)11(26)14(27-7)23-6-21-9-12(19-5-20-13(9)23)22-8(24)2-3-15(16,17)18/h2-3,5-7,10-11,14,25-26H,4H2,1H3,(H,19,20,22,24)/b3-2+/t7-,10-,11-,14-/m1/s1. The molecular formula is C15H16F3N5O4S. The highest BCUT2D eigenvalue weighted by atomic mass is 32.2. The molecule has 3 N–H and O–H groups in total. The number of halogens is 3. The van der Waals surface area contributed by atoms with Crippen LogP contribution in [0, 0.1) is 0 Å². The topological polar surface area (TPSA) is 122 Å². The number of hydrogen-bond acceptors (Lipinski definition) is 8. The molecule has 2 aromatic rings. The molecule has 0 aromatic carbocycles. The van der Waals surface area contributed by atoms with Crippen molar-refractivity contribution in [2.24, 2.45) is 0 Å². The number of aliphatic hydroxyl groups is 2. The van der Waals surface area contributed by atoms with Gasteiger partial charge in [-0.05, 0) is 6.26 Å². The summed E-state index contributed by atoms with van der Waals surface area (Å²) in [6.07, 6.45) is -4.21. The highest BCUT2D eigenvalue weighted by Crippen LogP contribution is 2.33. The first kappa shape index (κ1) is 20.5. The summed E-state index contributed by atoms with van der Waals surface area (Å²) < 4.78 is 43.6. The fourth-order valence-electron chi connectivity index (χ4n) is 2.72. The number of amides is 1. The van der Waals surface area contributed by atoms with Crippen LogP contribution in [0.5, 0.6) is 0 Å². The maximum atomic E-state index is 12.2. The normalized spacial score (nSPS) is 25.6. The van der Waals surface area contributed by atoms with Gasteiger partial charge < -0.3 is 20.3 Å². The van der Waals surface area contributed by atoms with Gasteiger partial charge in [-0.2, -0.15) is 24.9 Å². The molecule has 9 nitrogen and oxygen atoms in total. The molecule has 0 saturated carbocycles. The molecule has 152 valence electrons. The molecule has 13 heteroatoms. The van der Waals surface area contributed by atoms with Crippen LogP contribution in [0.2, 0.25) is 0 Å². The van der Waals surface area contributed by atoms with Gasteiger partial charge in [-0.1, -0.05) is 0 Å². The second kappa shape index (κ2) is 8.03. The van der Waals surface area contributed by atoms with Crippen molar-refractivity contribution >= 4 is 34.7 Å². The minimum absolute atomic E-state index is 0.0925. The van der Waals surface area contributed by atoms with Gasteiger partial charge in [0.2, 0.25) is 5.91 Å². The maximum absolute atomic E-state index is 12.2. The summed E-state index contributed by atoms with van der Waals surface area (Å²) in [4.78, 5) is 23.6. The van der Waals surface area contributed by atoms with Crippen LogP contribution in [0.15, 0.2) is 24.8 Å². The van der Waals surface area contributed by atoms with Crippen molar-refractivity contribution in [2.45, 2.75) is 30.7 Å². The first-order valence-corrected chi connectivity index (χ1v) is 9.35. The number of aliphatic hydroxyl groups excluding tert-OH is 2. The zero-order valence-corrected chi connectivity index (χ0v) is 15.2. The molecule has 1 amide bonds. The second-order valence-electron chi connectivity index (χ2n) is 5.91. The summed E-state index contributed by atoms with van der Waals surface area (Å²) in [5.74, 6) is -0.683. The lowest BCUT2D eigenvalue weighted by atomic mass is 10.1. The minimum Gasteiger partial charge on any atom is -0.387 e. The zero-order valence-electron chi connectivity index (χ0n) is 14.4. The molecule has 0 radical (unpaired) electrons. The number of alkyl halides is 3. The molecule has 0 unspecified atom stereocenters. The first-order valence-electron chi connectivity index (χ1n) is 7.96. The number of nitrogens with one attached hydrogen (secondary N) is 1. The summed E-state index contributed by atoms with van der Waals surface area (Å²) in [6.45, 7) is 0. The van der Waals surface area contributed by atoms with Gasteiger partial charge in [0.25, 0.3) is 0 Å². The van der Waals surface area contributed by atoms with Crippen LogP contribution in [0.25, 0.3) is 11.2 Å². The number of anilines is 1. The van der Waals surface area contributed by atoms with E-state index in [4.69, 9.17) is 4.74 Å². The molecule has 0 spiro atoms. The Morgan fingerprint density at radius 3 is 2.79 bits per heavy atom. The fourth-order valence-corrected chi connectivity index (χ4v) is 3.32. The molecule has 4 atom stereocenters. The van der Waals surface area contributed by atoms with Crippen LogP contribution < -0.4 is 5.32 Å². The maximum Gasteiger partial charge on any atom is 0.409 e. The average Bonchev–Trinajstić information content (AvgIpc) is 3.17. The molecule has 0 bridgehead atoms. The van der Waals surface area contributed by atoms with E-state index in [1.165, 1.54) is 22.7 Å². The highest BCUT2D eigenvalue weighted by Gasteiger charge is 2.44. The quantitative estimate of drug-likeness (QED) is 0.610. The van der Waals surface area contributed by atoms with E-state index in [1.54, 1.807) is 0 Å². The Kier molecular flexibility index (Phi) is 5.88. The predicted octanol–water partition coefficient (Wildman–Crippen LogP) is 0.865. The Hall–Kier alpha value is -2.22. The monoisotopic (exact) mass is 419 g/mol. The van der Waals surface area contributed by atoms with E-state index in [2.05, 4.69) is 20.3 Å². The molecule has 3 rings (SSSR count).